The minimum absolute atomic E-state index is 0.218. The molecule has 1 aromatic heterocycles. The lowest BCUT2D eigenvalue weighted by Gasteiger charge is -2.37. The molecule has 1 aromatic carbocycles. The van der Waals surface area contributed by atoms with Gasteiger partial charge in [-0.2, -0.15) is 0 Å². The molecule has 1 amide bonds. The Morgan fingerprint density at radius 1 is 1.03 bits per heavy atom. The van der Waals surface area contributed by atoms with Crippen LogP contribution in [0.25, 0.3) is 11.4 Å². The van der Waals surface area contributed by atoms with Gasteiger partial charge in [0, 0.05) is 62.2 Å². The quantitative estimate of drug-likeness (QED) is 0.794. The first kappa shape index (κ1) is 19.8. The molecule has 6 nitrogen and oxygen atoms in total. The third kappa shape index (κ3) is 4.42. The van der Waals surface area contributed by atoms with Gasteiger partial charge in [-0.05, 0) is 43.5 Å². The van der Waals surface area contributed by atoms with Crippen molar-refractivity contribution in [3.63, 3.8) is 0 Å². The molecule has 2 aliphatic heterocycles. The van der Waals surface area contributed by atoms with Crippen molar-refractivity contribution in [1.82, 2.24) is 19.8 Å². The van der Waals surface area contributed by atoms with E-state index in [2.05, 4.69) is 19.8 Å². The number of carbonyl (C=O) groups is 1. The summed E-state index contributed by atoms with van der Waals surface area (Å²) in [4.78, 5) is 26.0. The van der Waals surface area contributed by atoms with Crippen LogP contribution in [-0.2, 0) is 11.3 Å². The van der Waals surface area contributed by atoms with Crippen molar-refractivity contribution in [2.45, 2.75) is 57.7 Å². The van der Waals surface area contributed by atoms with Crippen molar-refractivity contribution >= 4 is 5.91 Å². The van der Waals surface area contributed by atoms with E-state index in [0.717, 1.165) is 55.2 Å². The van der Waals surface area contributed by atoms with E-state index in [1.807, 2.05) is 36.7 Å². The summed E-state index contributed by atoms with van der Waals surface area (Å²) in [6, 6.07) is 8.60. The normalized spacial score (nSPS) is 22.6. The fourth-order valence-electron chi connectivity index (χ4n) is 4.76. The predicted molar refractivity (Wildman–Crippen MR) is 112 cm³/mol. The molecular formula is C23H30N4O2. The molecule has 2 saturated heterocycles. The zero-order valence-electron chi connectivity index (χ0n) is 17.4. The molecule has 2 aromatic rings. The highest BCUT2D eigenvalue weighted by Crippen LogP contribution is 2.31. The summed E-state index contributed by atoms with van der Waals surface area (Å²) < 4.78 is 5.21. The number of nitrogens with zero attached hydrogens (tertiary/aromatic N) is 4. The highest BCUT2D eigenvalue weighted by atomic mass is 16.5. The number of amides is 1. The summed E-state index contributed by atoms with van der Waals surface area (Å²) in [5.74, 6) is 1.77. The predicted octanol–water partition coefficient (Wildman–Crippen LogP) is 3.52. The SMILES string of the molecule is COc1ccc(-c2ncc(CN3CC[C@H]4[C@H]3CCCCCN4C(C)=O)cn2)cc1. The van der Waals surface area contributed by atoms with Gasteiger partial charge in [0.15, 0.2) is 5.82 Å². The molecular weight excluding hydrogens is 364 g/mol. The Hall–Kier alpha value is -2.47. The van der Waals surface area contributed by atoms with Crippen molar-refractivity contribution in [3.05, 3.63) is 42.2 Å². The van der Waals surface area contributed by atoms with Gasteiger partial charge >= 0.3 is 0 Å². The molecule has 0 radical (unpaired) electrons. The number of fused-ring (bicyclic) bond motifs is 1. The molecule has 29 heavy (non-hydrogen) atoms. The van der Waals surface area contributed by atoms with E-state index in [1.165, 1.54) is 19.3 Å². The van der Waals surface area contributed by atoms with Crippen molar-refractivity contribution in [2.24, 2.45) is 0 Å². The summed E-state index contributed by atoms with van der Waals surface area (Å²) in [5, 5.41) is 0. The van der Waals surface area contributed by atoms with Crippen molar-refractivity contribution in [1.29, 1.82) is 0 Å². The summed E-state index contributed by atoms with van der Waals surface area (Å²) >= 11 is 0. The van der Waals surface area contributed by atoms with Crippen LogP contribution in [0.15, 0.2) is 36.7 Å². The van der Waals surface area contributed by atoms with Crippen molar-refractivity contribution in [2.75, 3.05) is 20.2 Å². The zero-order chi connectivity index (χ0) is 20.2. The topological polar surface area (TPSA) is 58.6 Å². The molecule has 0 spiro atoms. The number of methoxy groups -OCH3 is 1. The Kier molecular flexibility index (Phi) is 6.09. The molecule has 0 unspecified atom stereocenters. The highest BCUT2D eigenvalue weighted by molar-refractivity contribution is 5.73. The van der Waals surface area contributed by atoms with Gasteiger partial charge in [-0.25, -0.2) is 9.97 Å². The number of hydrogen-bond acceptors (Lipinski definition) is 5. The largest absolute Gasteiger partial charge is 0.497 e. The Bertz CT molecular complexity index is 822. The number of carbonyl (C=O) groups excluding carboxylic acids is 1. The summed E-state index contributed by atoms with van der Waals surface area (Å²) in [7, 11) is 1.66. The number of likely N-dealkylation sites (tertiary alicyclic amines) is 2. The van der Waals surface area contributed by atoms with Gasteiger partial charge < -0.3 is 9.64 Å². The average Bonchev–Trinajstić information content (AvgIpc) is 3.09. The Morgan fingerprint density at radius 2 is 1.79 bits per heavy atom. The molecule has 4 rings (SSSR count). The Labute approximate surface area is 172 Å². The highest BCUT2D eigenvalue weighted by Gasteiger charge is 2.38. The lowest BCUT2D eigenvalue weighted by molar-refractivity contribution is -0.132. The average molecular weight is 395 g/mol. The maximum Gasteiger partial charge on any atom is 0.219 e. The van der Waals surface area contributed by atoms with Gasteiger partial charge in [0.05, 0.1) is 7.11 Å². The van der Waals surface area contributed by atoms with E-state index in [4.69, 9.17) is 4.74 Å². The Morgan fingerprint density at radius 3 is 2.48 bits per heavy atom. The fraction of sp³-hybridized carbons (Fsp3) is 0.522. The second-order valence-electron chi connectivity index (χ2n) is 8.10. The summed E-state index contributed by atoms with van der Waals surface area (Å²) in [6.45, 7) is 4.49. The summed E-state index contributed by atoms with van der Waals surface area (Å²) in [6.07, 6.45) is 9.69. The van der Waals surface area contributed by atoms with Crippen molar-refractivity contribution in [3.8, 4) is 17.1 Å². The second-order valence-corrected chi connectivity index (χ2v) is 8.10. The molecule has 2 fully saturated rings. The molecule has 154 valence electrons. The van der Waals surface area contributed by atoms with Gasteiger partial charge in [-0.3, -0.25) is 9.69 Å². The van der Waals surface area contributed by atoms with Crippen LogP contribution in [0.3, 0.4) is 0 Å². The van der Waals surface area contributed by atoms with Gasteiger partial charge in [0.2, 0.25) is 5.91 Å². The van der Waals surface area contributed by atoms with Crippen LogP contribution in [0.2, 0.25) is 0 Å². The van der Waals surface area contributed by atoms with Crippen molar-refractivity contribution < 1.29 is 9.53 Å². The molecule has 0 bridgehead atoms. The van der Waals surface area contributed by atoms with Gasteiger partial charge in [0.25, 0.3) is 0 Å². The third-order valence-electron chi connectivity index (χ3n) is 6.27. The molecule has 0 saturated carbocycles. The zero-order valence-corrected chi connectivity index (χ0v) is 17.4. The van der Waals surface area contributed by atoms with E-state index >= 15 is 0 Å². The molecule has 0 N–H and O–H groups in total. The minimum atomic E-state index is 0.218. The molecule has 0 aliphatic carbocycles. The first-order chi connectivity index (χ1) is 14.2. The lowest BCUT2D eigenvalue weighted by Crippen LogP contribution is -2.48. The van der Waals surface area contributed by atoms with E-state index in [0.29, 0.717) is 12.1 Å². The number of benzene rings is 1. The Balaban J connectivity index is 1.45. The van der Waals surface area contributed by atoms with Crippen LogP contribution in [0.5, 0.6) is 5.75 Å². The monoisotopic (exact) mass is 394 g/mol. The van der Waals surface area contributed by atoms with E-state index in [-0.39, 0.29) is 5.91 Å². The number of aromatic nitrogens is 2. The third-order valence-corrected chi connectivity index (χ3v) is 6.27. The van der Waals surface area contributed by atoms with Gasteiger partial charge in [0.1, 0.15) is 5.75 Å². The fourth-order valence-corrected chi connectivity index (χ4v) is 4.76. The van der Waals surface area contributed by atoms with Crippen LogP contribution < -0.4 is 4.74 Å². The van der Waals surface area contributed by atoms with Crippen LogP contribution in [0, 0.1) is 0 Å². The first-order valence-corrected chi connectivity index (χ1v) is 10.6. The van der Waals surface area contributed by atoms with E-state index < -0.39 is 0 Å². The van der Waals surface area contributed by atoms with Gasteiger partial charge in [-0.1, -0.05) is 12.8 Å². The molecule has 3 heterocycles. The maximum absolute atomic E-state index is 12.2. The van der Waals surface area contributed by atoms with E-state index in [1.54, 1.807) is 14.0 Å². The lowest BCUT2D eigenvalue weighted by atomic mass is 9.97. The smallest absolute Gasteiger partial charge is 0.219 e. The van der Waals surface area contributed by atoms with Crippen LogP contribution >= 0.6 is 0 Å². The standard InChI is InChI=1S/C23H30N4O2/c1-17(28)27-12-5-3-4-6-21-22(27)11-13-26(21)16-18-14-24-23(25-15-18)19-7-9-20(29-2)10-8-19/h7-10,14-15,21-22H,3-6,11-13,16H2,1-2H3/t21-,22+/m1/s1. The molecule has 6 heteroatoms. The minimum Gasteiger partial charge on any atom is -0.497 e. The van der Waals surface area contributed by atoms with Gasteiger partial charge in [-0.15, -0.1) is 0 Å². The first-order valence-electron chi connectivity index (χ1n) is 10.6. The van der Waals surface area contributed by atoms with Crippen LogP contribution in [-0.4, -0.2) is 58.0 Å². The van der Waals surface area contributed by atoms with Crippen LogP contribution in [0.4, 0.5) is 0 Å². The molecule has 2 atom stereocenters. The summed E-state index contributed by atoms with van der Waals surface area (Å²) in [5.41, 5.74) is 2.11. The number of hydrogen-bond donors (Lipinski definition) is 0. The van der Waals surface area contributed by atoms with E-state index in [9.17, 15) is 4.79 Å². The number of ether oxygens (including phenoxy) is 1. The number of rotatable bonds is 4. The molecule has 2 aliphatic rings. The second kappa shape index (κ2) is 8.91. The van der Waals surface area contributed by atoms with Crippen LogP contribution in [0.1, 0.15) is 44.6 Å². The maximum atomic E-state index is 12.2.